The largest absolute Gasteiger partial charge is 0.459 e. The van der Waals surface area contributed by atoms with Crippen LogP contribution in [0.5, 0.6) is 0 Å². The number of rotatable bonds is 3. The van der Waals surface area contributed by atoms with Gasteiger partial charge in [-0.3, -0.25) is 14.4 Å². The SMILES string of the molecule is CCO[C@@]1(C)C2C[C@](C)(CC(=O)O2)C2C(=O)[C@]3(O)O[C@@]21[C@](O)(CC)CCC1C3C(O)C=C2CC=CC(=O)[C@@]21C. The molecule has 9 nitrogen and oxygen atoms in total. The van der Waals surface area contributed by atoms with E-state index in [2.05, 4.69) is 0 Å². The standard InChI is InChI=1S/C30H40O9/c1-6-28(35)12-11-17-22(18(31)13-16-9-8-10-19(32)26(16,17)4)29(36)24(34)23-25(3)14-20(38-21(33)15-25)27(5,37-7-2)30(23,28)39-29/h8,10,13,17-18,20,22-23,31,35-36H,6-7,9,11-12,14-15H2,1-5H3/t17?,18?,20?,22?,23?,25-,26+,27+,28+,29-,30+/m1/s1. The smallest absolute Gasteiger partial charge is 0.306 e. The zero-order valence-electron chi connectivity index (χ0n) is 23.4. The summed E-state index contributed by atoms with van der Waals surface area (Å²) in [5.74, 6) is -6.81. The number of ketones is 2. The molecule has 0 amide bonds. The van der Waals surface area contributed by atoms with Crippen LogP contribution in [0.1, 0.15) is 73.1 Å². The van der Waals surface area contributed by atoms with Crippen molar-refractivity contribution < 1.29 is 43.9 Å². The van der Waals surface area contributed by atoms with Gasteiger partial charge < -0.3 is 29.5 Å². The number of hydrogen-bond acceptors (Lipinski definition) is 9. The molecule has 0 aromatic heterocycles. The summed E-state index contributed by atoms with van der Waals surface area (Å²) in [4.78, 5) is 41.1. The molecule has 0 radical (unpaired) electrons. The highest BCUT2D eigenvalue weighted by Crippen LogP contribution is 2.71. The average molecular weight is 545 g/mol. The van der Waals surface area contributed by atoms with E-state index < -0.39 is 75.1 Å². The summed E-state index contributed by atoms with van der Waals surface area (Å²) in [5.41, 5.74) is -6.27. The molecule has 0 aromatic rings. The minimum Gasteiger partial charge on any atom is -0.459 e. The Morgan fingerprint density at radius 2 is 1.85 bits per heavy atom. The van der Waals surface area contributed by atoms with E-state index >= 15 is 0 Å². The summed E-state index contributed by atoms with van der Waals surface area (Å²) < 4.78 is 18.9. The highest BCUT2D eigenvalue weighted by atomic mass is 16.7. The quantitative estimate of drug-likeness (QED) is 0.360. The van der Waals surface area contributed by atoms with Crippen LogP contribution in [0.15, 0.2) is 23.8 Å². The van der Waals surface area contributed by atoms with Gasteiger partial charge in [-0.25, -0.2) is 0 Å². The molecular formula is C30H40O9. The lowest BCUT2D eigenvalue weighted by Crippen LogP contribution is -2.80. The van der Waals surface area contributed by atoms with Gasteiger partial charge in [-0.1, -0.05) is 31.6 Å². The number of fused-ring (bicyclic) bond motifs is 8. The first kappa shape index (κ1) is 27.3. The molecule has 214 valence electrons. The molecule has 1 saturated carbocycles. The molecule has 6 rings (SSSR count). The fourth-order valence-electron chi connectivity index (χ4n) is 9.73. The molecule has 0 aromatic carbocycles. The first-order valence-electron chi connectivity index (χ1n) is 14.3. The van der Waals surface area contributed by atoms with Crippen molar-refractivity contribution in [3.05, 3.63) is 23.8 Å². The van der Waals surface area contributed by atoms with Crippen molar-refractivity contribution in [3.8, 4) is 0 Å². The Bertz CT molecular complexity index is 1210. The third-order valence-electron chi connectivity index (χ3n) is 11.6. The van der Waals surface area contributed by atoms with Crippen LogP contribution in [0.3, 0.4) is 0 Å². The van der Waals surface area contributed by atoms with Crippen molar-refractivity contribution in [2.45, 2.75) is 108 Å². The number of ether oxygens (including phenoxy) is 3. The van der Waals surface area contributed by atoms with Crippen LogP contribution in [0, 0.1) is 28.6 Å². The fraction of sp³-hybridized carbons (Fsp3) is 0.767. The lowest BCUT2D eigenvalue weighted by Gasteiger charge is -2.66. The lowest BCUT2D eigenvalue weighted by molar-refractivity contribution is -0.388. The molecule has 4 fully saturated rings. The summed E-state index contributed by atoms with van der Waals surface area (Å²) in [5, 5.41) is 36.8. The van der Waals surface area contributed by atoms with E-state index in [4.69, 9.17) is 14.2 Å². The molecule has 4 bridgehead atoms. The van der Waals surface area contributed by atoms with E-state index in [0.29, 0.717) is 12.8 Å². The highest BCUT2D eigenvalue weighted by Gasteiger charge is 2.86. The topological polar surface area (TPSA) is 140 Å². The van der Waals surface area contributed by atoms with Gasteiger partial charge in [0, 0.05) is 6.61 Å². The Labute approximate surface area is 228 Å². The van der Waals surface area contributed by atoms with Gasteiger partial charge in [-0.05, 0) is 70.3 Å². The number of aliphatic hydroxyl groups is 3. The van der Waals surface area contributed by atoms with Crippen molar-refractivity contribution >= 4 is 17.5 Å². The molecule has 6 aliphatic rings. The van der Waals surface area contributed by atoms with Crippen molar-refractivity contribution in [2.75, 3.05) is 6.61 Å². The predicted octanol–water partition coefficient (Wildman–Crippen LogP) is 2.15. The molecule has 11 atom stereocenters. The zero-order valence-corrected chi connectivity index (χ0v) is 23.4. The maximum absolute atomic E-state index is 14.8. The second-order valence-electron chi connectivity index (χ2n) is 13.3. The molecule has 39 heavy (non-hydrogen) atoms. The van der Waals surface area contributed by atoms with Gasteiger partial charge in [0.2, 0.25) is 5.79 Å². The van der Waals surface area contributed by atoms with Crippen LogP contribution < -0.4 is 0 Å². The second-order valence-corrected chi connectivity index (χ2v) is 13.3. The molecule has 9 heteroatoms. The number of hydrogen-bond donors (Lipinski definition) is 3. The number of Topliss-reactive ketones (excluding diaryl/α,β-unsaturated/α-hetero) is 1. The van der Waals surface area contributed by atoms with Crippen molar-refractivity contribution in [2.24, 2.45) is 28.6 Å². The van der Waals surface area contributed by atoms with Crippen LogP contribution in [0.2, 0.25) is 0 Å². The Kier molecular flexibility index (Phi) is 5.66. The maximum atomic E-state index is 14.8. The van der Waals surface area contributed by atoms with E-state index in [1.807, 2.05) is 6.92 Å². The number of allylic oxidation sites excluding steroid dienone is 3. The zero-order chi connectivity index (χ0) is 28.4. The minimum atomic E-state index is -2.54. The van der Waals surface area contributed by atoms with Gasteiger partial charge in [-0.15, -0.1) is 0 Å². The number of carbonyl (C=O) groups excluding carboxylic acids is 3. The van der Waals surface area contributed by atoms with Crippen molar-refractivity contribution in [1.82, 2.24) is 0 Å². The summed E-state index contributed by atoms with van der Waals surface area (Å²) in [7, 11) is 0. The molecule has 3 aliphatic carbocycles. The van der Waals surface area contributed by atoms with Crippen LogP contribution in [-0.4, -0.2) is 74.3 Å². The van der Waals surface area contributed by atoms with Gasteiger partial charge in [0.1, 0.15) is 17.3 Å². The fourth-order valence-corrected chi connectivity index (χ4v) is 9.73. The first-order chi connectivity index (χ1) is 18.2. The second kappa shape index (κ2) is 8.10. The number of esters is 1. The summed E-state index contributed by atoms with van der Waals surface area (Å²) in [6, 6.07) is 0. The van der Waals surface area contributed by atoms with Gasteiger partial charge >= 0.3 is 5.97 Å². The summed E-state index contributed by atoms with van der Waals surface area (Å²) >= 11 is 0. The molecule has 3 saturated heterocycles. The van der Waals surface area contributed by atoms with Gasteiger partial charge in [0.05, 0.1) is 35.4 Å². The normalized spacial score (nSPS) is 54.1. The van der Waals surface area contributed by atoms with Crippen LogP contribution in [0.25, 0.3) is 0 Å². The Hall–Kier alpha value is -1.91. The van der Waals surface area contributed by atoms with Crippen molar-refractivity contribution in [1.29, 1.82) is 0 Å². The number of carbonyl (C=O) groups is 3. The van der Waals surface area contributed by atoms with Crippen LogP contribution in [0.4, 0.5) is 0 Å². The number of aliphatic hydroxyl groups excluding tert-OH is 1. The van der Waals surface area contributed by atoms with E-state index in [1.54, 1.807) is 39.8 Å². The van der Waals surface area contributed by atoms with E-state index in [9.17, 15) is 29.7 Å². The average Bonchev–Trinajstić information content (AvgIpc) is 3.13. The monoisotopic (exact) mass is 544 g/mol. The van der Waals surface area contributed by atoms with Gasteiger partial charge in [0.15, 0.2) is 11.6 Å². The molecule has 3 N–H and O–H groups in total. The van der Waals surface area contributed by atoms with Crippen LogP contribution in [-0.2, 0) is 28.6 Å². The Morgan fingerprint density at radius 1 is 1.13 bits per heavy atom. The summed E-state index contributed by atoms with van der Waals surface area (Å²) in [6.45, 7) is 9.09. The lowest BCUT2D eigenvalue weighted by atomic mass is 9.47. The Balaban J connectivity index is 1.64. The third kappa shape index (κ3) is 2.96. The molecule has 5 unspecified atom stereocenters. The van der Waals surface area contributed by atoms with E-state index in [-0.39, 0.29) is 38.1 Å². The molecule has 3 heterocycles. The van der Waals surface area contributed by atoms with Gasteiger partial charge in [-0.2, -0.15) is 0 Å². The highest BCUT2D eigenvalue weighted by molar-refractivity contribution is 5.99. The molecule has 1 spiro atoms. The Morgan fingerprint density at radius 3 is 2.51 bits per heavy atom. The van der Waals surface area contributed by atoms with E-state index in [1.165, 1.54) is 6.08 Å². The van der Waals surface area contributed by atoms with E-state index in [0.717, 1.165) is 5.57 Å². The first-order valence-corrected chi connectivity index (χ1v) is 14.3. The third-order valence-corrected chi connectivity index (χ3v) is 11.6. The summed E-state index contributed by atoms with van der Waals surface area (Å²) in [6.07, 6.45) is 4.05. The molecular weight excluding hydrogens is 504 g/mol. The molecule has 3 aliphatic heterocycles. The van der Waals surface area contributed by atoms with Crippen molar-refractivity contribution in [3.63, 3.8) is 0 Å². The van der Waals surface area contributed by atoms with Gasteiger partial charge in [0.25, 0.3) is 0 Å². The van der Waals surface area contributed by atoms with Crippen LogP contribution >= 0.6 is 0 Å². The maximum Gasteiger partial charge on any atom is 0.306 e. The predicted molar refractivity (Wildman–Crippen MR) is 137 cm³/mol. The minimum absolute atomic E-state index is 0.0786.